The Morgan fingerprint density at radius 2 is 2.14 bits per heavy atom. The number of thioether (sulfide) groups is 1. The predicted octanol–water partition coefficient (Wildman–Crippen LogP) is 3.74. The van der Waals surface area contributed by atoms with Gasteiger partial charge in [0.2, 0.25) is 0 Å². The van der Waals surface area contributed by atoms with Crippen molar-refractivity contribution in [1.29, 1.82) is 0 Å². The summed E-state index contributed by atoms with van der Waals surface area (Å²) in [5.74, 6) is 0.213. The molecule has 0 aromatic heterocycles. The second-order valence-electron chi connectivity index (χ2n) is 7.97. The summed E-state index contributed by atoms with van der Waals surface area (Å²) in [6.45, 7) is 0. The molecule has 0 spiro atoms. The normalized spacial score (nSPS) is 28.8. The Labute approximate surface area is 178 Å². The van der Waals surface area contributed by atoms with E-state index >= 15 is 0 Å². The largest absolute Gasteiger partial charge is 0.469 e. The molecule has 2 aliphatic carbocycles. The summed E-state index contributed by atoms with van der Waals surface area (Å²) < 4.78 is 4.62. The van der Waals surface area contributed by atoms with Gasteiger partial charge < -0.3 is 20.1 Å². The SMILES string of the molecule is COC(=O)CCC/C=C\C[C@@H]1[C@@H](/C=C/[C@@H](O)CSC2=CCCCC2)[C@H](O)C[C@@H]1O. The Balaban J connectivity index is 1.77. The van der Waals surface area contributed by atoms with Gasteiger partial charge in [-0.25, -0.2) is 0 Å². The second-order valence-corrected chi connectivity index (χ2v) is 9.11. The zero-order chi connectivity index (χ0) is 21.1. The maximum absolute atomic E-state index is 11.1. The zero-order valence-corrected chi connectivity index (χ0v) is 18.2. The third-order valence-electron chi connectivity index (χ3n) is 5.71. The monoisotopic (exact) mass is 424 g/mol. The highest BCUT2D eigenvalue weighted by Crippen LogP contribution is 2.36. The number of aliphatic hydroxyl groups excluding tert-OH is 3. The number of hydrogen-bond donors (Lipinski definition) is 3. The van der Waals surface area contributed by atoms with Crippen molar-refractivity contribution in [1.82, 2.24) is 0 Å². The number of unbranched alkanes of at least 4 members (excludes halogenated alkanes) is 1. The van der Waals surface area contributed by atoms with Gasteiger partial charge in [0.15, 0.2) is 0 Å². The lowest BCUT2D eigenvalue weighted by Gasteiger charge is -2.20. The number of carbonyl (C=O) groups excluding carboxylic acids is 1. The molecule has 0 aliphatic heterocycles. The standard InChI is InChI=1S/C23H36O5S/c1-28-23(27)12-8-3-2-7-11-19-20(22(26)15-21(19)25)14-13-17(24)16-29-18-9-5-4-6-10-18/h2,7,9,13-14,17,19-22,24-26H,3-6,8,10-12,15-16H2,1H3/b7-2-,14-13+/t17-,19-,20-,21+,22-/m1/s1. The molecule has 2 rings (SSSR count). The van der Waals surface area contributed by atoms with Crippen LogP contribution in [0.2, 0.25) is 0 Å². The molecular formula is C23H36O5S. The maximum atomic E-state index is 11.1. The molecule has 1 saturated carbocycles. The van der Waals surface area contributed by atoms with Gasteiger partial charge in [-0.3, -0.25) is 4.79 Å². The van der Waals surface area contributed by atoms with Gasteiger partial charge in [0.05, 0.1) is 25.4 Å². The first-order chi connectivity index (χ1) is 14.0. The van der Waals surface area contributed by atoms with E-state index in [1.165, 1.54) is 24.9 Å². The van der Waals surface area contributed by atoms with Gasteiger partial charge in [-0.05, 0) is 55.8 Å². The van der Waals surface area contributed by atoms with Crippen LogP contribution in [0.5, 0.6) is 0 Å². The minimum Gasteiger partial charge on any atom is -0.469 e. The number of allylic oxidation sites excluding steroid dienone is 4. The minimum absolute atomic E-state index is 0.0565. The summed E-state index contributed by atoms with van der Waals surface area (Å²) in [6, 6.07) is 0. The Bertz CT molecular complexity index is 586. The Morgan fingerprint density at radius 3 is 2.86 bits per heavy atom. The van der Waals surface area contributed by atoms with Gasteiger partial charge >= 0.3 is 5.97 Å². The van der Waals surface area contributed by atoms with E-state index in [9.17, 15) is 20.1 Å². The average Bonchev–Trinajstić information content (AvgIpc) is 3.00. The lowest BCUT2D eigenvalue weighted by atomic mass is 9.89. The average molecular weight is 425 g/mol. The van der Waals surface area contributed by atoms with Gasteiger partial charge in [0.1, 0.15) is 0 Å². The lowest BCUT2D eigenvalue weighted by Crippen LogP contribution is -2.20. The van der Waals surface area contributed by atoms with Crippen molar-refractivity contribution in [3.05, 3.63) is 35.3 Å². The number of hydrogen-bond acceptors (Lipinski definition) is 6. The zero-order valence-electron chi connectivity index (χ0n) is 17.4. The van der Waals surface area contributed by atoms with E-state index in [1.54, 1.807) is 17.8 Å². The molecule has 5 nitrogen and oxygen atoms in total. The van der Waals surface area contributed by atoms with E-state index in [0.717, 1.165) is 25.7 Å². The molecule has 0 aromatic carbocycles. The first-order valence-corrected chi connectivity index (χ1v) is 11.8. The van der Waals surface area contributed by atoms with Crippen LogP contribution in [0.15, 0.2) is 35.3 Å². The van der Waals surface area contributed by atoms with E-state index in [1.807, 2.05) is 18.2 Å². The van der Waals surface area contributed by atoms with Crippen LogP contribution in [0, 0.1) is 11.8 Å². The maximum Gasteiger partial charge on any atom is 0.305 e. The van der Waals surface area contributed by atoms with Crippen LogP contribution in [0.25, 0.3) is 0 Å². The van der Waals surface area contributed by atoms with Crippen molar-refractivity contribution in [3.63, 3.8) is 0 Å². The molecule has 3 N–H and O–H groups in total. The number of ether oxygens (including phenoxy) is 1. The van der Waals surface area contributed by atoms with Crippen LogP contribution < -0.4 is 0 Å². The van der Waals surface area contributed by atoms with Crippen LogP contribution in [-0.2, 0) is 9.53 Å². The highest BCUT2D eigenvalue weighted by atomic mass is 32.2. The highest BCUT2D eigenvalue weighted by Gasteiger charge is 2.39. The number of aliphatic hydroxyl groups is 3. The van der Waals surface area contributed by atoms with E-state index in [0.29, 0.717) is 25.0 Å². The summed E-state index contributed by atoms with van der Waals surface area (Å²) >= 11 is 1.72. The summed E-state index contributed by atoms with van der Waals surface area (Å²) in [6.07, 6.45) is 16.0. The summed E-state index contributed by atoms with van der Waals surface area (Å²) in [5, 5.41) is 30.9. The number of rotatable bonds is 11. The molecule has 6 heteroatoms. The molecule has 0 heterocycles. The van der Waals surface area contributed by atoms with E-state index in [4.69, 9.17) is 0 Å². The molecular weight excluding hydrogens is 388 g/mol. The molecule has 5 atom stereocenters. The van der Waals surface area contributed by atoms with Crippen molar-refractivity contribution >= 4 is 17.7 Å². The summed E-state index contributed by atoms with van der Waals surface area (Å²) in [7, 11) is 1.39. The van der Waals surface area contributed by atoms with E-state index in [-0.39, 0.29) is 17.8 Å². The highest BCUT2D eigenvalue weighted by molar-refractivity contribution is 8.03. The Morgan fingerprint density at radius 1 is 1.31 bits per heavy atom. The van der Waals surface area contributed by atoms with Gasteiger partial charge in [-0.1, -0.05) is 30.4 Å². The minimum atomic E-state index is -0.583. The number of carbonyl (C=O) groups is 1. The predicted molar refractivity (Wildman–Crippen MR) is 117 cm³/mol. The second kappa shape index (κ2) is 13.3. The van der Waals surface area contributed by atoms with Crippen LogP contribution in [0.3, 0.4) is 0 Å². The van der Waals surface area contributed by atoms with Crippen LogP contribution in [0.4, 0.5) is 0 Å². The molecule has 1 fully saturated rings. The number of methoxy groups -OCH3 is 1. The van der Waals surface area contributed by atoms with Crippen LogP contribution in [-0.4, -0.2) is 52.5 Å². The van der Waals surface area contributed by atoms with Crippen molar-refractivity contribution in [2.75, 3.05) is 12.9 Å². The molecule has 164 valence electrons. The first kappa shape index (κ1) is 24.2. The van der Waals surface area contributed by atoms with Crippen molar-refractivity contribution in [2.24, 2.45) is 11.8 Å². The fourth-order valence-electron chi connectivity index (χ4n) is 3.99. The van der Waals surface area contributed by atoms with E-state index in [2.05, 4.69) is 10.8 Å². The fraction of sp³-hybridized carbons (Fsp3) is 0.696. The molecule has 0 unspecified atom stereocenters. The van der Waals surface area contributed by atoms with Crippen molar-refractivity contribution in [3.8, 4) is 0 Å². The fourth-order valence-corrected chi connectivity index (χ4v) is 5.01. The third-order valence-corrected chi connectivity index (χ3v) is 6.96. The molecule has 29 heavy (non-hydrogen) atoms. The molecule has 0 radical (unpaired) electrons. The van der Waals surface area contributed by atoms with Gasteiger partial charge in [0, 0.05) is 24.5 Å². The van der Waals surface area contributed by atoms with Crippen molar-refractivity contribution < 1.29 is 24.9 Å². The van der Waals surface area contributed by atoms with Crippen LogP contribution >= 0.6 is 11.8 Å². The van der Waals surface area contributed by atoms with E-state index < -0.39 is 18.3 Å². The van der Waals surface area contributed by atoms with Gasteiger partial charge in [-0.15, -0.1) is 11.8 Å². The van der Waals surface area contributed by atoms with Gasteiger partial charge in [-0.2, -0.15) is 0 Å². The van der Waals surface area contributed by atoms with Crippen molar-refractivity contribution in [2.45, 2.75) is 76.1 Å². The Hall–Kier alpha value is -1.08. The molecule has 2 aliphatic rings. The molecule has 0 amide bonds. The van der Waals surface area contributed by atoms with Gasteiger partial charge in [0.25, 0.3) is 0 Å². The topological polar surface area (TPSA) is 87.0 Å². The lowest BCUT2D eigenvalue weighted by molar-refractivity contribution is -0.140. The quantitative estimate of drug-likeness (QED) is 0.266. The summed E-state index contributed by atoms with van der Waals surface area (Å²) in [5.41, 5.74) is 0. The number of esters is 1. The first-order valence-electron chi connectivity index (χ1n) is 10.8. The van der Waals surface area contributed by atoms with Crippen LogP contribution in [0.1, 0.15) is 57.8 Å². The molecule has 0 saturated heterocycles. The summed E-state index contributed by atoms with van der Waals surface area (Å²) in [4.78, 5) is 12.5. The third kappa shape index (κ3) is 8.67. The molecule has 0 bridgehead atoms. The Kier molecular flexibility index (Phi) is 11.1. The molecule has 0 aromatic rings. The smallest absolute Gasteiger partial charge is 0.305 e.